The number of nitrogens with one attached hydrogen (secondary N) is 1. The molecule has 2 aliphatic rings. The molecule has 1 spiro atoms. The summed E-state index contributed by atoms with van der Waals surface area (Å²) in [4.78, 5) is 40.8. The van der Waals surface area contributed by atoms with Gasteiger partial charge in [0.05, 0.1) is 0 Å². The molecule has 27 heavy (non-hydrogen) atoms. The van der Waals surface area contributed by atoms with E-state index >= 15 is 0 Å². The minimum Gasteiger partial charge on any atom is -0.340 e. The van der Waals surface area contributed by atoms with Crippen molar-refractivity contribution in [2.45, 2.75) is 24.9 Å². The van der Waals surface area contributed by atoms with Gasteiger partial charge in [0.2, 0.25) is 5.91 Å². The first-order chi connectivity index (χ1) is 13.0. The van der Waals surface area contributed by atoms with Gasteiger partial charge in [0.1, 0.15) is 12.1 Å². The Morgan fingerprint density at radius 3 is 2.59 bits per heavy atom. The summed E-state index contributed by atoms with van der Waals surface area (Å²) in [6, 6.07) is 16.8. The predicted octanol–water partition coefficient (Wildman–Crippen LogP) is 2.04. The molecule has 1 saturated heterocycles. The first kappa shape index (κ1) is 17.3. The fourth-order valence-corrected chi connectivity index (χ4v) is 3.93. The molecule has 1 N–H and O–H groups in total. The Kier molecular flexibility index (Phi) is 4.18. The fraction of sp³-hybridized carbons (Fsp3) is 0.286. The van der Waals surface area contributed by atoms with Gasteiger partial charge in [0.25, 0.3) is 5.91 Å². The molecule has 0 radical (unpaired) electrons. The summed E-state index contributed by atoms with van der Waals surface area (Å²) in [5.41, 5.74) is 1.88. The first-order valence-corrected chi connectivity index (χ1v) is 9.02. The lowest BCUT2D eigenvalue weighted by Crippen LogP contribution is -2.44. The van der Waals surface area contributed by atoms with Gasteiger partial charge >= 0.3 is 6.03 Å². The lowest BCUT2D eigenvalue weighted by atomic mass is 9.92. The standard InChI is InChI=1S/C21H21N3O3/c1-23(13-15-7-3-2-4-8-15)18(25)14-24-19(26)21(22-20(24)27)12-11-16-9-5-6-10-17(16)21/h2-10H,11-14H2,1H3,(H,22,27)/t21-/m1/s1. The van der Waals surface area contributed by atoms with Crippen LogP contribution in [0.2, 0.25) is 0 Å². The molecular formula is C21H21N3O3. The SMILES string of the molecule is CN(Cc1ccccc1)C(=O)CN1C(=O)N[C@@]2(CCc3ccccc32)C1=O. The average Bonchev–Trinajstić information content (AvgIpc) is 3.16. The second kappa shape index (κ2) is 6.54. The third-order valence-electron chi connectivity index (χ3n) is 5.40. The van der Waals surface area contributed by atoms with Crippen molar-refractivity contribution >= 4 is 17.8 Å². The highest BCUT2D eigenvalue weighted by Crippen LogP contribution is 2.41. The van der Waals surface area contributed by atoms with E-state index in [9.17, 15) is 14.4 Å². The van der Waals surface area contributed by atoms with Gasteiger partial charge in [-0.05, 0) is 29.5 Å². The number of fused-ring (bicyclic) bond motifs is 2. The molecule has 138 valence electrons. The molecule has 6 heteroatoms. The van der Waals surface area contributed by atoms with Crippen LogP contribution >= 0.6 is 0 Å². The van der Waals surface area contributed by atoms with Crippen molar-refractivity contribution in [3.63, 3.8) is 0 Å². The molecule has 0 bridgehead atoms. The summed E-state index contributed by atoms with van der Waals surface area (Å²) in [5, 5.41) is 2.85. The van der Waals surface area contributed by atoms with Crippen molar-refractivity contribution in [3.8, 4) is 0 Å². The van der Waals surface area contributed by atoms with Crippen molar-refractivity contribution in [3.05, 3.63) is 71.3 Å². The van der Waals surface area contributed by atoms with Gasteiger partial charge in [-0.15, -0.1) is 0 Å². The highest BCUT2D eigenvalue weighted by molar-refractivity contribution is 6.09. The lowest BCUT2D eigenvalue weighted by molar-refractivity contribution is -0.138. The number of imide groups is 1. The molecule has 0 aromatic heterocycles. The summed E-state index contributed by atoms with van der Waals surface area (Å²) in [5.74, 6) is -0.607. The van der Waals surface area contributed by atoms with Crippen LogP contribution in [0.15, 0.2) is 54.6 Å². The normalized spacial score (nSPS) is 20.7. The van der Waals surface area contributed by atoms with E-state index in [4.69, 9.17) is 0 Å². The molecule has 1 atom stereocenters. The first-order valence-electron chi connectivity index (χ1n) is 9.02. The maximum Gasteiger partial charge on any atom is 0.325 e. The summed E-state index contributed by atoms with van der Waals surface area (Å²) >= 11 is 0. The van der Waals surface area contributed by atoms with E-state index < -0.39 is 11.6 Å². The summed E-state index contributed by atoms with van der Waals surface area (Å²) in [7, 11) is 1.68. The topological polar surface area (TPSA) is 69.7 Å². The van der Waals surface area contributed by atoms with Gasteiger partial charge in [-0.3, -0.25) is 14.5 Å². The molecule has 1 fully saturated rings. The van der Waals surface area contributed by atoms with Gasteiger partial charge in [0, 0.05) is 13.6 Å². The molecule has 2 aromatic carbocycles. The highest BCUT2D eigenvalue weighted by Gasteiger charge is 2.55. The Bertz CT molecular complexity index is 912. The monoisotopic (exact) mass is 363 g/mol. The molecular weight excluding hydrogens is 342 g/mol. The quantitative estimate of drug-likeness (QED) is 0.845. The summed E-state index contributed by atoms with van der Waals surface area (Å²) in [6.45, 7) is 0.176. The second-order valence-corrected chi connectivity index (χ2v) is 7.12. The van der Waals surface area contributed by atoms with Crippen molar-refractivity contribution < 1.29 is 14.4 Å². The second-order valence-electron chi connectivity index (χ2n) is 7.12. The highest BCUT2D eigenvalue weighted by atomic mass is 16.2. The number of likely N-dealkylation sites (N-methyl/N-ethyl adjacent to an activating group) is 1. The molecule has 0 saturated carbocycles. The summed E-state index contributed by atoms with van der Waals surface area (Å²) in [6.07, 6.45) is 1.26. The zero-order valence-electron chi connectivity index (χ0n) is 15.1. The van der Waals surface area contributed by atoms with E-state index in [0.29, 0.717) is 13.0 Å². The van der Waals surface area contributed by atoms with E-state index in [1.165, 1.54) is 4.90 Å². The van der Waals surface area contributed by atoms with Crippen LogP contribution in [-0.2, 0) is 28.1 Å². The zero-order valence-corrected chi connectivity index (χ0v) is 15.1. The summed E-state index contributed by atoms with van der Waals surface area (Å²) < 4.78 is 0. The lowest BCUT2D eigenvalue weighted by Gasteiger charge is -2.23. The van der Waals surface area contributed by atoms with E-state index in [1.54, 1.807) is 7.05 Å². The maximum absolute atomic E-state index is 13.1. The molecule has 4 rings (SSSR count). The number of carbonyl (C=O) groups excluding carboxylic acids is 3. The van der Waals surface area contributed by atoms with Crippen LogP contribution in [0.25, 0.3) is 0 Å². The molecule has 1 aliphatic carbocycles. The van der Waals surface area contributed by atoms with E-state index in [2.05, 4.69) is 5.32 Å². The minimum atomic E-state index is -1.02. The van der Waals surface area contributed by atoms with Crippen LogP contribution < -0.4 is 5.32 Å². The number of nitrogens with zero attached hydrogens (tertiary/aromatic N) is 2. The van der Waals surface area contributed by atoms with Gasteiger partial charge < -0.3 is 10.2 Å². The number of aryl methyl sites for hydroxylation is 1. The van der Waals surface area contributed by atoms with Crippen LogP contribution in [0.4, 0.5) is 4.79 Å². The average molecular weight is 363 g/mol. The van der Waals surface area contributed by atoms with E-state index in [1.807, 2.05) is 54.6 Å². The predicted molar refractivity (Wildman–Crippen MR) is 99.6 cm³/mol. The molecule has 2 aromatic rings. The smallest absolute Gasteiger partial charge is 0.325 e. The number of hydrogen-bond donors (Lipinski definition) is 1. The molecule has 0 unspecified atom stereocenters. The van der Waals surface area contributed by atoms with Crippen molar-refractivity contribution in [1.82, 2.24) is 15.1 Å². The Morgan fingerprint density at radius 2 is 1.81 bits per heavy atom. The van der Waals surface area contributed by atoms with Gasteiger partial charge in [-0.1, -0.05) is 54.6 Å². The Hall–Kier alpha value is -3.15. The van der Waals surface area contributed by atoms with Gasteiger partial charge in [0.15, 0.2) is 0 Å². The molecule has 6 nitrogen and oxygen atoms in total. The van der Waals surface area contributed by atoms with Crippen molar-refractivity contribution in [2.75, 3.05) is 13.6 Å². The van der Waals surface area contributed by atoms with Crippen LogP contribution in [0.3, 0.4) is 0 Å². The number of hydrogen-bond acceptors (Lipinski definition) is 3. The maximum atomic E-state index is 13.1. The van der Waals surface area contributed by atoms with Crippen molar-refractivity contribution in [2.24, 2.45) is 0 Å². The molecule has 4 amide bonds. The molecule has 1 heterocycles. The number of urea groups is 1. The Morgan fingerprint density at radius 1 is 1.11 bits per heavy atom. The molecule has 1 aliphatic heterocycles. The minimum absolute atomic E-state index is 0.252. The largest absolute Gasteiger partial charge is 0.340 e. The van der Waals surface area contributed by atoms with E-state index in [-0.39, 0.29) is 18.4 Å². The van der Waals surface area contributed by atoms with Gasteiger partial charge in [-0.2, -0.15) is 0 Å². The third kappa shape index (κ3) is 2.87. The number of benzene rings is 2. The fourth-order valence-electron chi connectivity index (χ4n) is 3.93. The van der Waals surface area contributed by atoms with E-state index in [0.717, 1.165) is 28.0 Å². The number of carbonyl (C=O) groups is 3. The van der Waals surface area contributed by atoms with Crippen LogP contribution in [-0.4, -0.2) is 41.2 Å². The van der Waals surface area contributed by atoms with Crippen LogP contribution in [0, 0.1) is 0 Å². The Labute approximate surface area is 157 Å². The number of rotatable bonds is 4. The van der Waals surface area contributed by atoms with Crippen LogP contribution in [0.5, 0.6) is 0 Å². The Balaban J connectivity index is 1.49. The third-order valence-corrected chi connectivity index (χ3v) is 5.40. The van der Waals surface area contributed by atoms with Gasteiger partial charge in [-0.25, -0.2) is 4.79 Å². The van der Waals surface area contributed by atoms with Crippen molar-refractivity contribution in [1.29, 1.82) is 0 Å². The zero-order chi connectivity index (χ0) is 19.0. The number of amides is 4. The van der Waals surface area contributed by atoms with Crippen LogP contribution in [0.1, 0.15) is 23.1 Å².